The molecule has 1 N–H and O–H groups in total. The van der Waals surface area contributed by atoms with Gasteiger partial charge in [0.1, 0.15) is 5.58 Å². The number of alkyl halides is 1. The van der Waals surface area contributed by atoms with Crippen LogP contribution < -0.4 is 5.32 Å². The summed E-state index contributed by atoms with van der Waals surface area (Å²) in [5, 5.41) is 4.12. The topological polar surface area (TPSA) is 98.0 Å². The molecule has 0 bridgehead atoms. The number of anilines is 2. The van der Waals surface area contributed by atoms with Gasteiger partial charge in [-0.05, 0) is 35.9 Å². The Morgan fingerprint density at radius 3 is 2.72 bits per heavy atom. The number of rotatable bonds is 5. The molecule has 0 amide bonds. The molecule has 9 heteroatoms. The molecule has 0 aliphatic heterocycles. The van der Waals surface area contributed by atoms with E-state index < -0.39 is 9.84 Å². The lowest BCUT2D eigenvalue weighted by molar-refractivity contribution is 0.602. The molecular formula is C23H17ClN4O3S. The number of sulfone groups is 1. The highest BCUT2D eigenvalue weighted by molar-refractivity contribution is 7.90. The Bertz CT molecular complexity index is 1580. The van der Waals surface area contributed by atoms with Gasteiger partial charge in [0.15, 0.2) is 9.84 Å². The summed E-state index contributed by atoms with van der Waals surface area (Å²) in [7, 11) is -3.44. The number of nitrogens with zero attached hydrogens (tertiary/aromatic N) is 3. The molecule has 0 radical (unpaired) electrons. The van der Waals surface area contributed by atoms with E-state index in [-0.39, 0.29) is 4.90 Å². The Balaban J connectivity index is 1.69. The fourth-order valence-corrected chi connectivity index (χ4v) is 4.69. The SMILES string of the molecule is CS(=O)(=O)c1ccncc1Nc1cc(-c2ccc3occ(CCl)c3c2)c2nccnc2c1. The van der Waals surface area contributed by atoms with Gasteiger partial charge < -0.3 is 9.73 Å². The molecule has 0 aliphatic rings. The van der Waals surface area contributed by atoms with E-state index in [2.05, 4.69) is 20.3 Å². The van der Waals surface area contributed by atoms with Crippen LogP contribution in [0.5, 0.6) is 0 Å². The maximum absolute atomic E-state index is 12.2. The first kappa shape index (κ1) is 20.4. The van der Waals surface area contributed by atoms with Crippen LogP contribution in [0.3, 0.4) is 0 Å². The van der Waals surface area contributed by atoms with Crippen molar-refractivity contribution in [2.45, 2.75) is 10.8 Å². The predicted octanol–water partition coefficient (Wildman–Crippen LogP) is 5.32. The predicted molar refractivity (Wildman–Crippen MR) is 125 cm³/mol. The maximum atomic E-state index is 12.2. The first-order chi connectivity index (χ1) is 15.4. The van der Waals surface area contributed by atoms with Crippen LogP contribution in [0.4, 0.5) is 11.4 Å². The van der Waals surface area contributed by atoms with Crippen molar-refractivity contribution in [3.05, 3.63) is 73.0 Å². The number of pyridine rings is 1. The second-order valence-corrected chi connectivity index (χ2v) is 9.57. The zero-order chi connectivity index (χ0) is 22.3. The van der Waals surface area contributed by atoms with Gasteiger partial charge in [-0.2, -0.15) is 0 Å². The van der Waals surface area contributed by atoms with Crippen molar-refractivity contribution in [3.8, 4) is 11.1 Å². The summed E-state index contributed by atoms with van der Waals surface area (Å²) >= 11 is 6.06. The van der Waals surface area contributed by atoms with Gasteiger partial charge in [-0.3, -0.25) is 15.0 Å². The van der Waals surface area contributed by atoms with Crippen LogP contribution in [0, 0.1) is 0 Å². The van der Waals surface area contributed by atoms with Crippen molar-refractivity contribution in [2.75, 3.05) is 11.6 Å². The molecule has 0 saturated heterocycles. The van der Waals surface area contributed by atoms with E-state index >= 15 is 0 Å². The van der Waals surface area contributed by atoms with E-state index in [1.165, 1.54) is 24.7 Å². The molecular weight excluding hydrogens is 448 g/mol. The van der Waals surface area contributed by atoms with Gasteiger partial charge in [0.2, 0.25) is 0 Å². The average Bonchev–Trinajstić information content (AvgIpc) is 3.20. The Morgan fingerprint density at radius 2 is 1.91 bits per heavy atom. The van der Waals surface area contributed by atoms with Gasteiger partial charge in [0, 0.05) is 47.0 Å². The molecule has 3 heterocycles. The number of hydrogen-bond acceptors (Lipinski definition) is 7. The minimum Gasteiger partial charge on any atom is -0.464 e. The zero-order valence-corrected chi connectivity index (χ0v) is 18.5. The van der Waals surface area contributed by atoms with E-state index in [4.69, 9.17) is 16.0 Å². The highest BCUT2D eigenvalue weighted by Crippen LogP contribution is 2.35. The van der Waals surface area contributed by atoms with Crippen LogP contribution >= 0.6 is 11.6 Å². The van der Waals surface area contributed by atoms with Crippen LogP contribution in [0.25, 0.3) is 33.1 Å². The third kappa shape index (κ3) is 3.68. The van der Waals surface area contributed by atoms with Crippen molar-refractivity contribution < 1.29 is 12.8 Å². The van der Waals surface area contributed by atoms with Gasteiger partial charge in [-0.25, -0.2) is 8.42 Å². The van der Waals surface area contributed by atoms with E-state index in [1.54, 1.807) is 18.7 Å². The number of aromatic nitrogens is 3. The smallest absolute Gasteiger partial charge is 0.177 e. The van der Waals surface area contributed by atoms with Crippen molar-refractivity contribution in [1.82, 2.24) is 15.0 Å². The molecule has 3 aromatic heterocycles. The van der Waals surface area contributed by atoms with Gasteiger partial charge in [0.05, 0.1) is 40.0 Å². The van der Waals surface area contributed by atoms with Gasteiger partial charge in [0.25, 0.3) is 0 Å². The largest absolute Gasteiger partial charge is 0.464 e. The van der Waals surface area contributed by atoms with Gasteiger partial charge in [-0.15, -0.1) is 11.6 Å². The van der Waals surface area contributed by atoms with Gasteiger partial charge >= 0.3 is 0 Å². The summed E-state index contributed by atoms with van der Waals surface area (Å²) < 4.78 is 30.0. The normalized spacial score (nSPS) is 11.8. The molecule has 2 aromatic carbocycles. The van der Waals surface area contributed by atoms with Crippen LogP contribution in [0.1, 0.15) is 5.56 Å². The summed E-state index contributed by atoms with van der Waals surface area (Å²) in [5.41, 5.74) is 5.85. The fourth-order valence-electron chi connectivity index (χ4n) is 3.67. The van der Waals surface area contributed by atoms with Crippen LogP contribution in [-0.2, 0) is 15.7 Å². The molecule has 0 aliphatic carbocycles. The van der Waals surface area contributed by atoms with Crippen molar-refractivity contribution in [2.24, 2.45) is 0 Å². The maximum Gasteiger partial charge on any atom is 0.177 e. The number of furan rings is 1. The minimum absolute atomic E-state index is 0.167. The summed E-state index contributed by atoms with van der Waals surface area (Å²) in [6.07, 6.45) is 9.02. The standard InChI is InChI=1S/C23H17ClN4O3S/c1-32(29,30)22-4-5-25-12-20(22)28-16-9-18(23-19(10-16)26-6-7-27-23)14-2-3-21-17(8-14)15(11-24)13-31-21/h2-10,12-13,28H,11H2,1H3. The number of nitrogens with one attached hydrogen (secondary N) is 1. The Hall–Kier alpha value is -3.49. The lowest BCUT2D eigenvalue weighted by Crippen LogP contribution is -2.03. The molecule has 0 atom stereocenters. The van der Waals surface area contributed by atoms with E-state index in [9.17, 15) is 8.42 Å². The average molecular weight is 465 g/mol. The molecule has 0 saturated carbocycles. The Morgan fingerprint density at radius 1 is 1.06 bits per heavy atom. The van der Waals surface area contributed by atoms with Crippen LogP contribution in [-0.4, -0.2) is 29.6 Å². The highest BCUT2D eigenvalue weighted by Gasteiger charge is 2.16. The molecule has 160 valence electrons. The molecule has 0 unspecified atom stereocenters. The van der Waals surface area contributed by atoms with E-state index in [1.807, 2.05) is 30.3 Å². The first-order valence-corrected chi connectivity index (χ1v) is 12.1. The third-order valence-electron chi connectivity index (χ3n) is 5.14. The Labute approximate surface area is 189 Å². The van der Waals surface area contributed by atoms with Crippen molar-refractivity contribution >= 4 is 54.8 Å². The second kappa shape index (κ2) is 7.89. The summed E-state index contributed by atoms with van der Waals surface area (Å²) in [4.78, 5) is 13.2. The molecule has 0 fully saturated rings. The number of halogens is 1. The van der Waals surface area contributed by atoms with Gasteiger partial charge in [-0.1, -0.05) is 6.07 Å². The highest BCUT2D eigenvalue weighted by atomic mass is 35.5. The van der Waals surface area contributed by atoms with E-state index in [0.29, 0.717) is 22.8 Å². The molecule has 32 heavy (non-hydrogen) atoms. The summed E-state index contributed by atoms with van der Waals surface area (Å²) in [6.45, 7) is 0. The first-order valence-electron chi connectivity index (χ1n) is 9.66. The minimum atomic E-state index is -3.44. The summed E-state index contributed by atoms with van der Waals surface area (Å²) in [5.74, 6) is 0.341. The molecule has 0 spiro atoms. The lowest BCUT2D eigenvalue weighted by Gasteiger charge is -2.13. The number of benzene rings is 2. The number of fused-ring (bicyclic) bond motifs is 2. The van der Waals surface area contributed by atoms with Crippen LogP contribution in [0.15, 0.2) is 76.8 Å². The van der Waals surface area contributed by atoms with Crippen LogP contribution in [0.2, 0.25) is 0 Å². The Kier molecular flexibility index (Phi) is 5.03. The van der Waals surface area contributed by atoms with Crippen molar-refractivity contribution in [3.63, 3.8) is 0 Å². The summed E-state index contributed by atoms with van der Waals surface area (Å²) in [6, 6.07) is 11.1. The lowest BCUT2D eigenvalue weighted by atomic mass is 10.0. The zero-order valence-electron chi connectivity index (χ0n) is 16.9. The molecule has 5 rings (SSSR count). The quantitative estimate of drug-likeness (QED) is 0.351. The monoisotopic (exact) mass is 464 g/mol. The molecule has 7 nitrogen and oxygen atoms in total. The second-order valence-electron chi connectivity index (χ2n) is 7.32. The van der Waals surface area contributed by atoms with E-state index in [0.717, 1.165) is 33.2 Å². The van der Waals surface area contributed by atoms with Crippen molar-refractivity contribution in [1.29, 1.82) is 0 Å². The fraction of sp³-hybridized carbons (Fsp3) is 0.0870. The number of hydrogen-bond donors (Lipinski definition) is 1. The molecule has 5 aromatic rings. The third-order valence-corrected chi connectivity index (χ3v) is 6.58.